The standard InChI is InChI=1S/C13H10BrF2N3O/c14-9-7-10(15)12(11(16)8-9)13(20)19(5-1-3-17)6-2-4-18/h7-8H,1-2,5-6H2. The number of benzene rings is 1. The van der Waals surface area contributed by atoms with Crippen LogP contribution in [0, 0.1) is 34.3 Å². The van der Waals surface area contributed by atoms with Gasteiger partial charge in [0, 0.05) is 17.6 Å². The van der Waals surface area contributed by atoms with Crippen LogP contribution in [0.3, 0.4) is 0 Å². The van der Waals surface area contributed by atoms with Crippen molar-refractivity contribution >= 4 is 21.8 Å². The second kappa shape index (κ2) is 7.56. The summed E-state index contributed by atoms with van der Waals surface area (Å²) in [4.78, 5) is 13.2. The van der Waals surface area contributed by atoms with Crippen molar-refractivity contribution in [1.29, 1.82) is 10.5 Å². The normalized spacial score (nSPS) is 9.65. The summed E-state index contributed by atoms with van der Waals surface area (Å²) < 4.78 is 27.6. The van der Waals surface area contributed by atoms with Gasteiger partial charge in [-0.2, -0.15) is 10.5 Å². The minimum atomic E-state index is -0.985. The zero-order valence-corrected chi connectivity index (χ0v) is 12.0. The Balaban J connectivity index is 3.06. The summed E-state index contributed by atoms with van der Waals surface area (Å²) in [5.74, 6) is -2.83. The molecular weight excluding hydrogens is 332 g/mol. The summed E-state index contributed by atoms with van der Waals surface area (Å²) >= 11 is 2.93. The van der Waals surface area contributed by atoms with Crippen LogP contribution in [0.4, 0.5) is 8.78 Å². The predicted octanol–water partition coefficient (Wildman–Crippen LogP) is 3.00. The lowest BCUT2D eigenvalue weighted by Crippen LogP contribution is -2.34. The molecule has 0 aliphatic heterocycles. The molecule has 0 bridgehead atoms. The summed E-state index contributed by atoms with van der Waals surface area (Å²) in [6.07, 6.45) is 0.0495. The number of halogens is 3. The Morgan fingerprint density at radius 3 is 2.00 bits per heavy atom. The van der Waals surface area contributed by atoms with Gasteiger partial charge in [0.15, 0.2) is 0 Å². The van der Waals surface area contributed by atoms with Crippen LogP contribution in [0.1, 0.15) is 23.2 Å². The van der Waals surface area contributed by atoms with Gasteiger partial charge in [0.1, 0.15) is 17.2 Å². The fraction of sp³-hybridized carbons (Fsp3) is 0.308. The molecule has 0 saturated carbocycles. The van der Waals surface area contributed by atoms with E-state index in [0.29, 0.717) is 0 Å². The van der Waals surface area contributed by atoms with Crippen molar-refractivity contribution in [3.05, 3.63) is 33.8 Å². The Kier molecular flexibility index (Phi) is 6.08. The number of rotatable bonds is 5. The van der Waals surface area contributed by atoms with Gasteiger partial charge in [-0.25, -0.2) is 8.78 Å². The molecule has 0 N–H and O–H groups in total. The van der Waals surface area contributed by atoms with Crippen LogP contribution in [0.2, 0.25) is 0 Å². The van der Waals surface area contributed by atoms with Gasteiger partial charge in [-0.3, -0.25) is 4.79 Å². The lowest BCUT2D eigenvalue weighted by Gasteiger charge is -2.21. The average Bonchev–Trinajstić information content (AvgIpc) is 2.37. The Hall–Kier alpha value is -1.99. The van der Waals surface area contributed by atoms with Crippen LogP contribution < -0.4 is 0 Å². The maximum absolute atomic E-state index is 13.7. The molecule has 0 aliphatic rings. The first-order valence-corrected chi connectivity index (χ1v) is 6.48. The van der Waals surface area contributed by atoms with Gasteiger partial charge in [0.05, 0.1) is 25.0 Å². The Morgan fingerprint density at radius 2 is 1.60 bits per heavy atom. The first-order chi connectivity index (χ1) is 9.51. The molecule has 1 aromatic carbocycles. The van der Waals surface area contributed by atoms with E-state index in [1.54, 1.807) is 0 Å². The van der Waals surface area contributed by atoms with E-state index >= 15 is 0 Å². The van der Waals surface area contributed by atoms with Gasteiger partial charge < -0.3 is 4.90 Å². The summed E-state index contributed by atoms with van der Waals surface area (Å²) in [7, 11) is 0. The maximum atomic E-state index is 13.7. The van der Waals surface area contributed by atoms with Crippen molar-refractivity contribution in [1.82, 2.24) is 4.90 Å². The van der Waals surface area contributed by atoms with Crippen molar-refractivity contribution in [3.8, 4) is 12.1 Å². The first kappa shape index (κ1) is 16.1. The van der Waals surface area contributed by atoms with Crippen LogP contribution in [0.5, 0.6) is 0 Å². The highest BCUT2D eigenvalue weighted by Crippen LogP contribution is 2.21. The monoisotopic (exact) mass is 341 g/mol. The van der Waals surface area contributed by atoms with Gasteiger partial charge in [-0.05, 0) is 12.1 Å². The van der Waals surface area contributed by atoms with Gasteiger partial charge in [0.25, 0.3) is 5.91 Å². The fourth-order valence-corrected chi connectivity index (χ4v) is 1.99. The minimum absolute atomic E-state index is 0.0198. The van der Waals surface area contributed by atoms with Crippen LogP contribution in [0.25, 0.3) is 0 Å². The summed E-state index contributed by atoms with van der Waals surface area (Å²) in [6.45, 7) is 0.0396. The number of amides is 1. The maximum Gasteiger partial charge on any atom is 0.259 e. The molecule has 1 rings (SSSR count). The topological polar surface area (TPSA) is 67.9 Å². The second-order valence-electron chi connectivity index (χ2n) is 3.85. The van der Waals surface area contributed by atoms with Crippen LogP contribution in [0.15, 0.2) is 16.6 Å². The molecule has 0 saturated heterocycles. The van der Waals surface area contributed by atoms with Gasteiger partial charge in [-0.1, -0.05) is 15.9 Å². The third kappa shape index (κ3) is 4.01. The van der Waals surface area contributed by atoms with Crippen LogP contribution >= 0.6 is 15.9 Å². The molecule has 0 unspecified atom stereocenters. The predicted molar refractivity (Wildman–Crippen MR) is 70.4 cm³/mol. The highest BCUT2D eigenvalue weighted by atomic mass is 79.9. The van der Waals surface area contributed by atoms with Gasteiger partial charge >= 0.3 is 0 Å². The molecular formula is C13H10BrF2N3O. The molecule has 20 heavy (non-hydrogen) atoms. The number of nitrogens with zero attached hydrogens (tertiary/aromatic N) is 3. The smallest absolute Gasteiger partial charge is 0.259 e. The Labute approximate surface area is 123 Å². The van der Waals surface area contributed by atoms with Crippen molar-refractivity contribution in [2.75, 3.05) is 13.1 Å². The molecule has 0 radical (unpaired) electrons. The molecule has 1 aromatic rings. The average molecular weight is 342 g/mol. The van der Waals surface area contributed by atoms with Crippen molar-refractivity contribution in [3.63, 3.8) is 0 Å². The largest absolute Gasteiger partial charge is 0.336 e. The third-order valence-electron chi connectivity index (χ3n) is 2.50. The van der Waals surface area contributed by atoms with E-state index in [1.165, 1.54) is 0 Å². The van der Waals surface area contributed by atoms with Crippen molar-refractivity contribution < 1.29 is 13.6 Å². The van der Waals surface area contributed by atoms with E-state index in [9.17, 15) is 13.6 Å². The Bertz CT molecular complexity index is 551. The molecule has 1 amide bonds. The molecule has 4 nitrogen and oxygen atoms in total. The van der Waals surface area contributed by atoms with Crippen LogP contribution in [-0.4, -0.2) is 23.9 Å². The number of hydrogen-bond acceptors (Lipinski definition) is 3. The highest BCUT2D eigenvalue weighted by Gasteiger charge is 2.23. The number of hydrogen-bond donors (Lipinski definition) is 0. The first-order valence-electron chi connectivity index (χ1n) is 5.69. The Morgan fingerprint density at radius 1 is 1.15 bits per heavy atom. The summed E-state index contributed by atoms with van der Waals surface area (Å²) in [6, 6.07) is 5.67. The number of carbonyl (C=O) groups excluding carboxylic acids is 1. The molecule has 7 heteroatoms. The lowest BCUT2D eigenvalue weighted by molar-refractivity contribution is 0.0752. The van der Waals surface area contributed by atoms with E-state index in [4.69, 9.17) is 10.5 Å². The second-order valence-corrected chi connectivity index (χ2v) is 4.77. The molecule has 0 atom stereocenters. The van der Waals surface area contributed by atoms with E-state index in [1.807, 2.05) is 12.1 Å². The van der Waals surface area contributed by atoms with E-state index in [-0.39, 0.29) is 30.4 Å². The summed E-state index contributed by atoms with van der Waals surface area (Å²) in [5, 5.41) is 17.1. The van der Waals surface area contributed by atoms with Crippen molar-refractivity contribution in [2.24, 2.45) is 0 Å². The molecule has 0 heterocycles. The number of carbonyl (C=O) groups is 1. The summed E-state index contributed by atoms with van der Waals surface area (Å²) in [5.41, 5.74) is -0.677. The van der Waals surface area contributed by atoms with E-state index in [0.717, 1.165) is 17.0 Å². The highest BCUT2D eigenvalue weighted by molar-refractivity contribution is 9.10. The molecule has 0 fully saturated rings. The van der Waals surface area contributed by atoms with Gasteiger partial charge in [-0.15, -0.1) is 0 Å². The zero-order chi connectivity index (χ0) is 15.1. The van der Waals surface area contributed by atoms with Crippen molar-refractivity contribution in [2.45, 2.75) is 12.8 Å². The quantitative estimate of drug-likeness (QED) is 0.826. The molecule has 0 aliphatic carbocycles. The van der Waals surface area contributed by atoms with E-state index in [2.05, 4.69) is 15.9 Å². The molecule has 0 spiro atoms. The molecule has 104 valence electrons. The van der Waals surface area contributed by atoms with E-state index < -0.39 is 23.1 Å². The molecule has 0 aromatic heterocycles. The van der Waals surface area contributed by atoms with Gasteiger partial charge in [0.2, 0.25) is 0 Å². The lowest BCUT2D eigenvalue weighted by atomic mass is 10.1. The minimum Gasteiger partial charge on any atom is -0.336 e. The zero-order valence-electron chi connectivity index (χ0n) is 10.4. The fourth-order valence-electron chi connectivity index (χ4n) is 1.59. The third-order valence-corrected chi connectivity index (χ3v) is 2.95. The number of nitriles is 2. The SMILES string of the molecule is N#CCCN(CCC#N)C(=O)c1c(F)cc(Br)cc1F. The van der Waals surface area contributed by atoms with Crippen LogP contribution in [-0.2, 0) is 0 Å².